The molecule has 1 aliphatic heterocycles. The van der Waals surface area contributed by atoms with Crippen LogP contribution in [0.25, 0.3) is 0 Å². The molecule has 2 rings (SSSR count). The number of benzene rings is 1. The van der Waals surface area contributed by atoms with Crippen LogP contribution in [0.1, 0.15) is 12.8 Å². The number of likely N-dealkylation sites (tertiary alicyclic amines) is 1. The zero-order chi connectivity index (χ0) is 12.8. The molecule has 0 aliphatic carbocycles. The van der Waals surface area contributed by atoms with E-state index in [4.69, 9.17) is 5.73 Å². The van der Waals surface area contributed by atoms with Gasteiger partial charge in [-0.1, -0.05) is 12.1 Å². The topological polar surface area (TPSA) is 29.3 Å². The van der Waals surface area contributed by atoms with E-state index < -0.39 is 0 Å². The molecule has 0 saturated carbocycles. The number of rotatable bonds is 5. The van der Waals surface area contributed by atoms with Crippen LogP contribution in [0, 0.1) is 11.7 Å². The Hall–Kier alpha value is -0.580. The number of hydrogen-bond donors (Lipinski definition) is 1. The Morgan fingerprint density at radius 1 is 1.28 bits per heavy atom. The number of thioether (sulfide) groups is 1. The summed E-state index contributed by atoms with van der Waals surface area (Å²) >= 11 is 1.61. The van der Waals surface area contributed by atoms with Crippen LogP contribution >= 0.6 is 11.8 Å². The molecule has 1 heterocycles. The van der Waals surface area contributed by atoms with Crippen molar-refractivity contribution >= 4 is 11.8 Å². The lowest BCUT2D eigenvalue weighted by Gasteiger charge is -2.31. The predicted molar refractivity (Wildman–Crippen MR) is 75.3 cm³/mol. The normalized spacial score (nSPS) is 18.1. The summed E-state index contributed by atoms with van der Waals surface area (Å²) in [6, 6.07) is 6.99. The molecule has 1 aromatic carbocycles. The van der Waals surface area contributed by atoms with Crippen molar-refractivity contribution in [1.29, 1.82) is 0 Å². The van der Waals surface area contributed by atoms with Crippen LogP contribution in [0.2, 0.25) is 0 Å². The molecule has 0 radical (unpaired) electrons. The number of hydrogen-bond acceptors (Lipinski definition) is 3. The molecule has 1 aliphatic rings. The molecular formula is C14H21FN2S. The van der Waals surface area contributed by atoms with E-state index >= 15 is 0 Å². The van der Waals surface area contributed by atoms with Gasteiger partial charge in [0.2, 0.25) is 0 Å². The van der Waals surface area contributed by atoms with E-state index in [0.717, 1.165) is 36.8 Å². The van der Waals surface area contributed by atoms with Crippen molar-refractivity contribution in [2.75, 3.05) is 31.9 Å². The second-order valence-electron chi connectivity index (χ2n) is 4.80. The first-order chi connectivity index (χ1) is 8.79. The summed E-state index contributed by atoms with van der Waals surface area (Å²) in [5, 5.41) is 0. The maximum absolute atomic E-state index is 13.4. The average molecular weight is 268 g/mol. The van der Waals surface area contributed by atoms with Crippen molar-refractivity contribution in [1.82, 2.24) is 4.90 Å². The van der Waals surface area contributed by atoms with E-state index in [9.17, 15) is 4.39 Å². The van der Waals surface area contributed by atoms with Gasteiger partial charge in [0.1, 0.15) is 5.82 Å². The molecule has 2 nitrogen and oxygen atoms in total. The third kappa shape index (κ3) is 3.97. The standard InChI is InChI=1S/C14H21FN2S/c15-13-3-1-2-4-14(13)18-10-9-17-7-5-12(11-16)6-8-17/h1-4,12H,5-11,16H2. The molecule has 0 spiro atoms. The molecule has 1 fully saturated rings. The summed E-state index contributed by atoms with van der Waals surface area (Å²) in [6.45, 7) is 4.13. The lowest BCUT2D eigenvalue weighted by Crippen LogP contribution is -2.37. The Morgan fingerprint density at radius 3 is 2.67 bits per heavy atom. The summed E-state index contributed by atoms with van der Waals surface area (Å²) in [7, 11) is 0. The fourth-order valence-electron chi connectivity index (χ4n) is 2.29. The summed E-state index contributed by atoms with van der Waals surface area (Å²) in [5.74, 6) is 1.55. The number of nitrogens with zero attached hydrogens (tertiary/aromatic N) is 1. The summed E-state index contributed by atoms with van der Waals surface area (Å²) in [4.78, 5) is 3.22. The molecule has 18 heavy (non-hydrogen) atoms. The number of piperidine rings is 1. The maximum Gasteiger partial charge on any atom is 0.136 e. The Balaban J connectivity index is 1.69. The van der Waals surface area contributed by atoms with Crippen LogP contribution < -0.4 is 5.73 Å². The molecule has 0 amide bonds. The lowest BCUT2D eigenvalue weighted by molar-refractivity contribution is 0.197. The van der Waals surface area contributed by atoms with Crippen LogP contribution in [0.4, 0.5) is 4.39 Å². The Kier molecular flexibility index (Phi) is 5.47. The fraction of sp³-hybridized carbons (Fsp3) is 0.571. The first-order valence-electron chi connectivity index (χ1n) is 6.59. The summed E-state index contributed by atoms with van der Waals surface area (Å²) in [6.07, 6.45) is 2.42. The molecule has 0 aromatic heterocycles. The highest BCUT2D eigenvalue weighted by Crippen LogP contribution is 2.22. The van der Waals surface area contributed by atoms with Crippen molar-refractivity contribution in [3.05, 3.63) is 30.1 Å². The highest BCUT2D eigenvalue weighted by atomic mass is 32.2. The van der Waals surface area contributed by atoms with E-state index in [2.05, 4.69) is 4.90 Å². The highest BCUT2D eigenvalue weighted by Gasteiger charge is 2.17. The Morgan fingerprint density at radius 2 is 2.00 bits per heavy atom. The number of halogens is 1. The minimum atomic E-state index is -0.107. The third-order valence-corrected chi connectivity index (χ3v) is 4.57. The SMILES string of the molecule is NCC1CCN(CCSc2ccccc2F)CC1. The molecule has 2 N–H and O–H groups in total. The largest absolute Gasteiger partial charge is 0.330 e. The van der Waals surface area contributed by atoms with Crippen molar-refractivity contribution in [2.24, 2.45) is 11.7 Å². The van der Waals surface area contributed by atoms with E-state index in [0.29, 0.717) is 5.92 Å². The van der Waals surface area contributed by atoms with Crippen molar-refractivity contribution in [3.63, 3.8) is 0 Å². The molecule has 4 heteroatoms. The maximum atomic E-state index is 13.4. The minimum absolute atomic E-state index is 0.107. The van der Waals surface area contributed by atoms with Crippen molar-refractivity contribution in [3.8, 4) is 0 Å². The molecule has 0 atom stereocenters. The van der Waals surface area contributed by atoms with Gasteiger partial charge in [-0.05, 0) is 50.5 Å². The first-order valence-corrected chi connectivity index (χ1v) is 7.58. The highest BCUT2D eigenvalue weighted by molar-refractivity contribution is 7.99. The molecule has 0 bridgehead atoms. The van der Waals surface area contributed by atoms with Crippen LogP contribution in [-0.4, -0.2) is 36.8 Å². The Labute approximate surface area is 113 Å². The van der Waals surface area contributed by atoms with Gasteiger partial charge in [0, 0.05) is 17.2 Å². The van der Waals surface area contributed by atoms with Gasteiger partial charge < -0.3 is 10.6 Å². The third-order valence-electron chi connectivity index (χ3n) is 3.54. The Bertz CT molecular complexity index is 365. The van der Waals surface area contributed by atoms with Gasteiger partial charge in [0.05, 0.1) is 0 Å². The van der Waals surface area contributed by atoms with Crippen LogP contribution in [0.5, 0.6) is 0 Å². The number of nitrogens with two attached hydrogens (primary N) is 1. The van der Waals surface area contributed by atoms with E-state index in [1.165, 1.54) is 18.9 Å². The van der Waals surface area contributed by atoms with Gasteiger partial charge in [0.25, 0.3) is 0 Å². The van der Waals surface area contributed by atoms with Gasteiger partial charge in [-0.3, -0.25) is 0 Å². The predicted octanol–water partition coefficient (Wildman–Crippen LogP) is 2.59. The zero-order valence-electron chi connectivity index (χ0n) is 10.6. The minimum Gasteiger partial charge on any atom is -0.330 e. The van der Waals surface area contributed by atoms with Crippen LogP contribution in [-0.2, 0) is 0 Å². The lowest BCUT2D eigenvalue weighted by atomic mass is 9.97. The average Bonchev–Trinajstić information content (AvgIpc) is 2.42. The molecule has 0 unspecified atom stereocenters. The fourth-order valence-corrected chi connectivity index (χ4v) is 3.24. The van der Waals surface area contributed by atoms with E-state index in [1.807, 2.05) is 12.1 Å². The van der Waals surface area contributed by atoms with Crippen molar-refractivity contribution < 1.29 is 4.39 Å². The quantitative estimate of drug-likeness (QED) is 0.832. The monoisotopic (exact) mass is 268 g/mol. The first kappa shape index (κ1) is 13.8. The van der Waals surface area contributed by atoms with Gasteiger partial charge in [-0.15, -0.1) is 11.8 Å². The van der Waals surface area contributed by atoms with E-state index in [-0.39, 0.29) is 5.82 Å². The van der Waals surface area contributed by atoms with Gasteiger partial charge in [-0.25, -0.2) is 4.39 Å². The van der Waals surface area contributed by atoms with Gasteiger partial charge in [0.15, 0.2) is 0 Å². The smallest absolute Gasteiger partial charge is 0.136 e. The molecule has 100 valence electrons. The molecule has 1 aromatic rings. The second kappa shape index (κ2) is 7.12. The summed E-state index contributed by atoms with van der Waals surface area (Å²) in [5.41, 5.74) is 5.68. The summed E-state index contributed by atoms with van der Waals surface area (Å²) < 4.78 is 13.4. The molecule has 1 saturated heterocycles. The van der Waals surface area contributed by atoms with Gasteiger partial charge in [-0.2, -0.15) is 0 Å². The molecular weight excluding hydrogens is 247 g/mol. The second-order valence-corrected chi connectivity index (χ2v) is 5.94. The van der Waals surface area contributed by atoms with Crippen molar-refractivity contribution in [2.45, 2.75) is 17.7 Å². The zero-order valence-corrected chi connectivity index (χ0v) is 11.5. The van der Waals surface area contributed by atoms with Crippen LogP contribution in [0.15, 0.2) is 29.2 Å². The van der Waals surface area contributed by atoms with Crippen LogP contribution in [0.3, 0.4) is 0 Å². The van der Waals surface area contributed by atoms with Gasteiger partial charge >= 0.3 is 0 Å². The van der Waals surface area contributed by atoms with E-state index in [1.54, 1.807) is 17.8 Å².